The Bertz CT molecular complexity index is 537. The minimum absolute atomic E-state index is 0.0730. The zero-order valence-corrected chi connectivity index (χ0v) is 12.9. The van der Waals surface area contributed by atoms with Crippen molar-refractivity contribution < 1.29 is 14.6 Å². The monoisotopic (exact) mass is 289 g/mol. The fourth-order valence-electron chi connectivity index (χ4n) is 4.11. The standard InChI is InChI=1S/C17H23NO3/c1-16(2,3)14-17(11-18(14)15(19)20)9-13(10-21-17)12-7-5-4-6-8-12/h4-8,13-14H,9-11H2,1-3H3,(H,19,20). The molecule has 114 valence electrons. The Labute approximate surface area is 125 Å². The molecule has 3 atom stereocenters. The maximum atomic E-state index is 11.4. The van der Waals surface area contributed by atoms with Crippen LogP contribution in [0.15, 0.2) is 30.3 Å². The first-order valence-electron chi connectivity index (χ1n) is 7.52. The van der Waals surface area contributed by atoms with E-state index in [4.69, 9.17) is 4.74 Å². The van der Waals surface area contributed by atoms with E-state index in [1.807, 2.05) is 18.2 Å². The van der Waals surface area contributed by atoms with Crippen LogP contribution in [0.2, 0.25) is 0 Å². The van der Waals surface area contributed by atoms with Crippen molar-refractivity contribution in [3.8, 4) is 0 Å². The number of amides is 1. The molecule has 1 spiro atoms. The molecule has 3 unspecified atom stereocenters. The van der Waals surface area contributed by atoms with E-state index in [0.29, 0.717) is 19.1 Å². The molecule has 4 nitrogen and oxygen atoms in total. The molecule has 1 aromatic rings. The number of likely N-dealkylation sites (tertiary alicyclic amines) is 1. The molecule has 0 saturated carbocycles. The topological polar surface area (TPSA) is 49.8 Å². The van der Waals surface area contributed by atoms with Gasteiger partial charge in [0.25, 0.3) is 0 Å². The van der Waals surface area contributed by atoms with Crippen LogP contribution in [0.1, 0.15) is 38.7 Å². The van der Waals surface area contributed by atoms with Crippen LogP contribution in [0.3, 0.4) is 0 Å². The Kier molecular flexibility index (Phi) is 3.24. The second kappa shape index (κ2) is 4.73. The number of hydrogen-bond donors (Lipinski definition) is 1. The Morgan fingerprint density at radius 3 is 2.57 bits per heavy atom. The third-order valence-corrected chi connectivity index (χ3v) is 4.75. The summed E-state index contributed by atoms with van der Waals surface area (Å²) in [6, 6.07) is 10.3. The second-order valence-electron chi connectivity index (χ2n) is 7.37. The van der Waals surface area contributed by atoms with Crippen molar-refractivity contribution in [1.29, 1.82) is 0 Å². The third-order valence-electron chi connectivity index (χ3n) is 4.75. The van der Waals surface area contributed by atoms with Crippen molar-refractivity contribution in [3.63, 3.8) is 0 Å². The van der Waals surface area contributed by atoms with Gasteiger partial charge in [-0.2, -0.15) is 0 Å². The highest BCUT2D eigenvalue weighted by Crippen LogP contribution is 2.51. The van der Waals surface area contributed by atoms with Gasteiger partial charge in [-0.25, -0.2) is 4.79 Å². The zero-order valence-electron chi connectivity index (χ0n) is 12.9. The van der Waals surface area contributed by atoms with Gasteiger partial charge < -0.3 is 9.84 Å². The lowest BCUT2D eigenvalue weighted by atomic mass is 9.67. The maximum absolute atomic E-state index is 11.4. The summed E-state index contributed by atoms with van der Waals surface area (Å²) < 4.78 is 6.16. The van der Waals surface area contributed by atoms with Crippen molar-refractivity contribution in [3.05, 3.63) is 35.9 Å². The van der Waals surface area contributed by atoms with Crippen LogP contribution < -0.4 is 0 Å². The van der Waals surface area contributed by atoms with Crippen molar-refractivity contribution in [2.24, 2.45) is 5.41 Å². The minimum Gasteiger partial charge on any atom is -0.465 e. The van der Waals surface area contributed by atoms with E-state index in [0.717, 1.165) is 6.42 Å². The molecule has 2 fully saturated rings. The first kappa shape index (κ1) is 14.4. The van der Waals surface area contributed by atoms with Crippen LogP contribution in [-0.4, -0.2) is 40.9 Å². The molecule has 4 heteroatoms. The lowest BCUT2D eigenvalue weighted by molar-refractivity contribution is -0.178. The summed E-state index contributed by atoms with van der Waals surface area (Å²) in [6.07, 6.45) is 0.0650. The summed E-state index contributed by atoms with van der Waals surface area (Å²) in [5.41, 5.74) is 0.857. The summed E-state index contributed by atoms with van der Waals surface area (Å²) in [7, 11) is 0. The van der Waals surface area contributed by atoms with Crippen LogP contribution in [0.5, 0.6) is 0 Å². The largest absolute Gasteiger partial charge is 0.465 e. The smallest absolute Gasteiger partial charge is 0.407 e. The van der Waals surface area contributed by atoms with Gasteiger partial charge in [0.05, 0.1) is 19.2 Å². The number of ether oxygens (including phenoxy) is 1. The van der Waals surface area contributed by atoms with Crippen molar-refractivity contribution in [2.45, 2.75) is 44.8 Å². The molecule has 1 amide bonds. The molecular formula is C17H23NO3. The van der Waals surface area contributed by atoms with E-state index in [2.05, 4.69) is 32.9 Å². The minimum atomic E-state index is -0.840. The van der Waals surface area contributed by atoms with Crippen LogP contribution in [0.25, 0.3) is 0 Å². The van der Waals surface area contributed by atoms with Crippen LogP contribution in [0, 0.1) is 5.41 Å². The first-order valence-corrected chi connectivity index (χ1v) is 7.52. The number of carbonyl (C=O) groups is 1. The molecule has 1 aromatic carbocycles. The second-order valence-corrected chi connectivity index (χ2v) is 7.37. The quantitative estimate of drug-likeness (QED) is 0.862. The lowest BCUT2D eigenvalue weighted by Gasteiger charge is -2.58. The number of hydrogen-bond acceptors (Lipinski definition) is 2. The number of nitrogens with zero attached hydrogens (tertiary/aromatic N) is 1. The highest BCUT2D eigenvalue weighted by molar-refractivity contribution is 5.68. The molecule has 2 aliphatic heterocycles. The molecule has 1 N–H and O–H groups in total. The van der Waals surface area contributed by atoms with Gasteiger partial charge in [0.2, 0.25) is 0 Å². The molecular weight excluding hydrogens is 266 g/mol. The Morgan fingerprint density at radius 1 is 1.33 bits per heavy atom. The highest BCUT2D eigenvalue weighted by Gasteiger charge is 2.62. The van der Waals surface area contributed by atoms with Gasteiger partial charge in [-0.05, 0) is 17.4 Å². The SMILES string of the molecule is CC(C)(C)C1N(C(=O)O)CC12CC(c1ccccc1)CO2. The summed E-state index contributed by atoms with van der Waals surface area (Å²) in [5, 5.41) is 9.36. The van der Waals surface area contributed by atoms with Gasteiger partial charge in [0.1, 0.15) is 5.60 Å². The third kappa shape index (κ3) is 2.31. The normalized spacial score (nSPS) is 32.2. The molecule has 2 saturated heterocycles. The number of rotatable bonds is 1. The van der Waals surface area contributed by atoms with Crippen LogP contribution in [0.4, 0.5) is 4.79 Å². The molecule has 2 heterocycles. The Balaban J connectivity index is 1.82. The molecule has 21 heavy (non-hydrogen) atoms. The molecule has 2 aliphatic rings. The zero-order chi connectivity index (χ0) is 15.3. The number of carboxylic acid groups (broad SMARTS) is 1. The predicted octanol–water partition coefficient (Wildman–Crippen LogP) is 3.34. The maximum Gasteiger partial charge on any atom is 0.407 e. The molecule has 3 rings (SSSR count). The van der Waals surface area contributed by atoms with Gasteiger partial charge in [0.15, 0.2) is 0 Å². The summed E-state index contributed by atoms with van der Waals surface area (Å²) >= 11 is 0. The van der Waals surface area contributed by atoms with E-state index in [9.17, 15) is 9.90 Å². The average molecular weight is 289 g/mol. The summed E-state index contributed by atoms with van der Waals surface area (Å²) in [5.74, 6) is 0.368. The summed E-state index contributed by atoms with van der Waals surface area (Å²) in [6.45, 7) is 7.45. The molecule has 0 bridgehead atoms. The molecule has 0 aliphatic carbocycles. The number of benzene rings is 1. The first-order chi connectivity index (χ1) is 9.83. The highest BCUT2D eigenvalue weighted by atomic mass is 16.5. The molecule has 0 radical (unpaired) electrons. The predicted molar refractivity (Wildman–Crippen MR) is 80.5 cm³/mol. The molecule has 0 aromatic heterocycles. The lowest BCUT2D eigenvalue weighted by Crippen LogP contribution is -2.74. The van der Waals surface area contributed by atoms with Crippen molar-refractivity contribution in [2.75, 3.05) is 13.2 Å². The van der Waals surface area contributed by atoms with Gasteiger partial charge in [-0.1, -0.05) is 51.1 Å². The van der Waals surface area contributed by atoms with E-state index < -0.39 is 6.09 Å². The van der Waals surface area contributed by atoms with Gasteiger partial charge in [-0.3, -0.25) is 4.90 Å². The Hall–Kier alpha value is -1.55. The van der Waals surface area contributed by atoms with Gasteiger partial charge >= 0.3 is 6.09 Å². The van der Waals surface area contributed by atoms with Crippen molar-refractivity contribution >= 4 is 6.09 Å². The van der Waals surface area contributed by atoms with Gasteiger partial charge in [-0.15, -0.1) is 0 Å². The van der Waals surface area contributed by atoms with E-state index in [-0.39, 0.29) is 17.1 Å². The van der Waals surface area contributed by atoms with E-state index >= 15 is 0 Å². The van der Waals surface area contributed by atoms with E-state index in [1.165, 1.54) is 10.5 Å². The fraction of sp³-hybridized carbons (Fsp3) is 0.588. The summed E-state index contributed by atoms with van der Waals surface area (Å²) in [4.78, 5) is 12.9. The van der Waals surface area contributed by atoms with Crippen molar-refractivity contribution in [1.82, 2.24) is 4.90 Å². The van der Waals surface area contributed by atoms with Crippen LogP contribution in [-0.2, 0) is 4.74 Å². The fourth-order valence-corrected chi connectivity index (χ4v) is 4.11. The van der Waals surface area contributed by atoms with Crippen LogP contribution >= 0.6 is 0 Å². The van der Waals surface area contributed by atoms with E-state index in [1.54, 1.807) is 0 Å². The Morgan fingerprint density at radius 2 is 2.00 bits per heavy atom. The average Bonchev–Trinajstić information content (AvgIpc) is 2.81. The van der Waals surface area contributed by atoms with Gasteiger partial charge in [0, 0.05) is 5.92 Å².